The molecule has 1 heterocycles. The van der Waals surface area contributed by atoms with Crippen molar-refractivity contribution in [2.45, 2.75) is 6.92 Å². The molecule has 24 heavy (non-hydrogen) atoms. The first-order valence-corrected chi connectivity index (χ1v) is 7.93. The normalized spacial score (nSPS) is 11.1. The van der Waals surface area contributed by atoms with Gasteiger partial charge in [0.05, 0.1) is 11.4 Å². The van der Waals surface area contributed by atoms with Crippen LogP contribution in [-0.2, 0) is 0 Å². The van der Waals surface area contributed by atoms with Crippen LogP contribution in [-0.4, -0.2) is 16.0 Å². The number of aromatic amines is 2. The third-order valence-corrected chi connectivity index (χ3v) is 3.93. The molecule has 0 amide bonds. The van der Waals surface area contributed by atoms with Gasteiger partial charge in [-0.1, -0.05) is 40.2 Å². The van der Waals surface area contributed by atoms with E-state index < -0.39 is 0 Å². The molecule has 0 unspecified atom stereocenters. The summed E-state index contributed by atoms with van der Waals surface area (Å²) in [4.78, 5) is 23.4. The van der Waals surface area contributed by atoms with Crippen molar-refractivity contribution in [3.8, 4) is 11.3 Å². The van der Waals surface area contributed by atoms with Crippen LogP contribution in [0.25, 0.3) is 11.3 Å². The zero-order valence-electron chi connectivity index (χ0n) is 12.7. The van der Waals surface area contributed by atoms with Crippen LogP contribution >= 0.6 is 15.9 Å². The van der Waals surface area contributed by atoms with Crippen molar-refractivity contribution >= 4 is 33.1 Å². The molecule has 120 valence electrons. The maximum Gasteiger partial charge on any atom is 0.292 e. The number of azo groups is 1. The van der Waals surface area contributed by atoms with Crippen molar-refractivity contribution in [3.63, 3.8) is 0 Å². The Kier molecular flexibility index (Phi) is 4.52. The Hall–Kier alpha value is -2.80. The largest absolute Gasteiger partial charge is 0.295 e. The second-order valence-corrected chi connectivity index (χ2v) is 6.03. The van der Waals surface area contributed by atoms with Crippen LogP contribution in [0.15, 0.2) is 68.0 Å². The van der Waals surface area contributed by atoms with Crippen molar-refractivity contribution in [1.29, 1.82) is 0 Å². The summed E-state index contributed by atoms with van der Waals surface area (Å²) in [6.45, 7) is 1.48. The second-order valence-electron chi connectivity index (χ2n) is 5.12. The number of Topliss-reactive ketones (excluding diaryl/α,β-unsaturated/α-hetero) is 1. The van der Waals surface area contributed by atoms with E-state index in [1.165, 1.54) is 6.92 Å². The van der Waals surface area contributed by atoms with Gasteiger partial charge in [-0.2, -0.15) is 5.11 Å². The molecule has 0 aliphatic rings. The Labute approximate surface area is 145 Å². The molecule has 6 nitrogen and oxygen atoms in total. The average Bonchev–Trinajstić information content (AvgIpc) is 2.95. The van der Waals surface area contributed by atoms with Gasteiger partial charge in [-0.25, -0.2) is 0 Å². The number of rotatable bonds is 4. The maximum atomic E-state index is 12.0. The van der Waals surface area contributed by atoms with Crippen molar-refractivity contribution < 1.29 is 4.79 Å². The van der Waals surface area contributed by atoms with Gasteiger partial charge in [0.2, 0.25) is 0 Å². The van der Waals surface area contributed by atoms with Crippen molar-refractivity contribution in [2.24, 2.45) is 10.2 Å². The Bertz CT molecular complexity index is 971. The fourth-order valence-corrected chi connectivity index (χ4v) is 2.43. The number of hydrogen-bond acceptors (Lipinski definition) is 4. The van der Waals surface area contributed by atoms with Gasteiger partial charge in [0.1, 0.15) is 0 Å². The number of H-pyrrole nitrogens is 2. The lowest BCUT2D eigenvalue weighted by molar-refractivity contribution is 0.101. The van der Waals surface area contributed by atoms with Crippen LogP contribution in [0.2, 0.25) is 0 Å². The molecule has 2 N–H and O–H groups in total. The highest BCUT2D eigenvalue weighted by Crippen LogP contribution is 2.27. The summed E-state index contributed by atoms with van der Waals surface area (Å²) < 4.78 is 0.938. The molecule has 0 atom stereocenters. The van der Waals surface area contributed by atoms with Gasteiger partial charge in [-0.05, 0) is 31.2 Å². The summed E-state index contributed by atoms with van der Waals surface area (Å²) in [7, 11) is 0. The van der Waals surface area contributed by atoms with E-state index in [4.69, 9.17) is 0 Å². The SMILES string of the molecule is CC(=O)c1cccc(N=Nc2c(-c3ccc(Br)cc3)[nH][nH]c2=O)c1. The van der Waals surface area contributed by atoms with Gasteiger partial charge >= 0.3 is 0 Å². The molecule has 0 bridgehead atoms. The summed E-state index contributed by atoms with van der Waals surface area (Å²) in [6, 6.07) is 14.2. The number of aromatic nitrogens is 2. The van der Waals surface area contributed by atoms with Crippen LogP contribution < -0.4 is 5.56 Å². The molecule has 0 aliphatic carbocycles. The van der Waals surface area contributed by atoms with Crippen LogP contribution in [0.5, 0.6) is 0 Å². The number of nitrogens with one attached hydrogen (secondary N) is 2. The van der Waals surface area contributed by atoms with Gasteiger partial charge in [-0.15, -0.1) is 5.11 Å². The van der Waals surface area contributed by atoms with Crippen LogP contribution in [0.4, 0.5) is 11.4 Å². The quantitative estimate of drug-likeness (QED) is 0.501. The summed E-state index contributed by atoms with van der Waals surface area (Å²) in [5.74, 6) is -0.0536. The third-order valence-electron chi connectivity index (χ3n) is 3.40. The number of nitrogens with zero attached hydrogens (tertiary/aromatic N) is 2. The van der Waals surface area contributed by atoms with E-state index in [0.29, 0.717) is 16.9 Å². The first-order chi connectivity index (χ1) is 11.5. The van der Waals surface area contributed by atoms with E-state index in [0.717, 1.165) is 10.0 Å². The Morgan fingerprint density at radius 1 is 1.04 bits per heavy atom. The van der Waals surface area contributed by atoms with Gasteiger partial charge in [-0.3, -0.25) is 19.8 Å². The summed E-state index contributed by atoms with van der Waals surface area (Å²) in [5.41, 5.74) is 2.24. The molecule has 0 fully saturated rings. The highest BCUT2D eigenvalue weighted by atomic mass is 79.9. The van der Waals surface area contributed by atoms with Crippen LogP contribution in [0, 0.1) is 0 Å². The number of benzene rings is 2. The zero-order chi connectivity index (χ0) is 17.1. The molecule has 3 rings (SSSR count). The summed E-state index contributed by atoms with van der Waals surface area (Å²) in [5, 5.41) is 13.5. The van der Waals surface area contributed by atoms with Gasteiger partial charge in [0, 0.05) is 15.6 Å². The number of carbonyl (C=O) groups excluding carboxylic acids is 1. The van der Waals surface area contributed by atoms with E-state index in [9.17, 15) is 9.59 Å². The molecule has 3 aromatic rings. The summed E-state index contributed by atoms with van der Waals surface area (Å²) >= 11 is 3.37. The number of halogens is 1. The van der Waals surface area contributed by atoms with Crippen molar-refractivity contribution in [1.82, 2.24) is 10.2 Å². The fraction of sp³-hybridized carbons (Fsp3) is 0.0588. The van der Waals surface area contributed by atoms with E-state index in [1.54, 1.807) is 24.3 Å². The topological polar surface area (TPSA) is 90.4 Å². The first kappa shape index (κ1) is 16.1. The van der Waals surface area contributed by atoms with E-state index in [-0.39, 0.29) is 17.0 Å². The van der Waals surface area contributed by atoms with Gasteiger partial charge in [0.25, 0.3) is 5.56 Å². The minimum Gasteiger partial charge on any atom is -0.295 e. The minimum absolute atomic E-state index is 0.0536. The monoisotopic (exact) mass is 384 g/mol. The third kappa shape index (κ3) is 3.41. The maximum absolute atomic E-state index is 12.0. The average molecular weight is 385 g/mol. The molecule has 0 spiro atoms. The highest BCUT2D eigenvalue weighted by Gasteiger charge is 2.11. The van der Waals surface area contributed by atoms with Crippen LogP contribution in [0.3, 0.4) is 0 Å². The second kappa shape index (κ2) is 6.76. The molecule has 7 heteroatoms. The minimum atomic E-state index is -0.362. The lowest BCUT2D eigenvalue weighted by Crippen LogP contribution is -1.96. The predicted octanol–water partition coefficient (Wildman–Crippen LogP) is 4.75. The molecular weight excluding hydrogens is 372 g/mol. The van der Waals surface area contributed by atoms with E-state index in [2.05, 4.69) is 36.4 Å². The Balaban J connectivity index is 1.97. The number of carbonyl (C=O) groups is 1. The van der Waals surface area contributed by atoms with Crippen LogP contribution in [0.1, 0.15) is 17.3 Å². The molecule has 1 aromatic heterocycles. The lowest BCUT2D eigenvalue weighted by Gasteiger charge is -1.99. The van der Waals surface area contributed by atoms with E-state index in [1.807, 2.05) is 24.3 Å². The fourth-order valence-electron chi connectivity index (χ4n) is 2.17. The molecular formula is C17H13BrN4O2. The molecule has 0 saturated heterocycles. The first-order valence-electron chi connectivity index (χ1n) is 7.14. The van der Waals surface area contributed by atoms with Crippen molar-refractivity contribution in [3.05, 3.63) is 68.9 Å². The molecule has 0 aliphatic heterocycles. The zero-order valence-corrected chi connectivity index (χ0v) is 14.3. The molecule has 2 aromatic carbocycles. The highest BCUT2D eigenvalue weighted by molar-refractivity contribution is 9.10. The van der Waals surface area contributed by atoms with Gasteiger partial charge < -0.3 is 0 Å². The molecule has 0 radical (unpaired) electrons. The smallest absolute Gasteiger partial charge is 0.292 e. The van der Waals surface area contributed by atoms with Crippen molar-refractivity contribution in [2.75, 3.05) is 0 Å². The number of hydrogen-bond donors (Lipinski definition) is 2. The Morgan fingerprint density at radius 3 is 2.50 bits per heavy atom. The standard InChI is InChI=1S/C17H13BrN4O2/c1-10(23)12-3-2-4-14(9-12)19-21-16-15(20-22-17(16)24)11-5-7-13(18)8-6-11/h2-9H,1H3,(H2,20,22,24). The summed E-state index contributed by atoms with van der Waals surface area (Å²) in [6.07, 6.45) is 0. The lowest BCUT2D eigenvalue weighted by atomic mass is 10.1. The van der Waals surface area contributed by atoms with E-state index >= 15 is 0 Å². The number of ketones is 1. The molecule has 0 saturated carbocycles. The Morgan fingerprint density at radius 2 is 1.79 bits per heavy atom. The predicted molar refractivity (Wildman–Crippen MR) is 95.2 cm³/mol. The van der Waals surface area contributed by atoms with Gasteiger partial charge in [0.15, 0.2) is 11.5 Å².